The molecule has 0 fully saturated rings. The third-order valence-corrected chi connectivity index (χ3v) is 3.87. The van der Waals surface area contributed by atoms with Gasteiger partial charge in [0.25, 0.3) is 0 Å². The van der Waals surface area contributed by atoms with Gasteiger partial charge in [-0.25, -0.2) is 0 Å². The van der Waals surface area contributed by atoms with Crippen molar-refractivity contribution in [3.63, 3.8) is 0 Å². The number of aliphatic hydroxyl groups is 1. The Balaban J connectivity index is 2.73. The fourth-order valence-corrected chi connectivity index (χ4v) is 2.96. The Morgan fingerprint density at radius 1 is 1.00 bits per heavy atom. The van der Waals surface area contributed by atoms with Crippen LogP contribution in [-0.4, -0.2) is 22.5 Å². The summed E-state index contributed by atoms with van der Waals surface area (Å²) in [6, 6.07) is 13.1. The van der Waals surface area contributed by atoms with E-state index in [1.54, 1.807) is 19.9 Å². The van der Waals surface area contributed by atoms with Gasteiger partial charge in [0, 0.05) is 5.92 Å². The monoisotopic (exact) mass is 300 g/mol. The van der Waals surface area contributed by atoms with E-state index in [9.17, 15) is 14.7 Å². The van der Waals surface area contributed by atoms with Crippen LogP contribution < -0.4 is 11.5 Å². The van der Waals surface area contributed by atoms with Crippen molar-refractivity contribution < 1.29 is 14.7 Å². The molecule has 2 amide bonds. The molecule has 2 aromatic rings. The molecule has 2 rings (SSSR count). The number of benzene rings is 2. The summed E-state index contributed by atoms with van der Waals surface area (Å²) in [7, 11) is 0. The van der Waals surface area contributed by atoms with Gasteiger partial charge in [-0.15, -0.1) is 0 Å². The van der Waals surface area contributed by atoms with Crippen LogP contribution in [0.2, 0.25) is 0 Å². The van der Waals surface area contributed by atoms with E-state index in [1.807, 2.05) is 36.4 Å². The number of hydrogen-bond donors (Lipinski definition) is 3. The quantitative estimate of drug-likeness (QED) is 0.724. The van der Waals surface area contributed by atoms with Gasteiger partial charge in [0.05, 0.1) is 5.60 Å². The summed E-state index contributed by atoms with van der Waals surface area (Å²) in [4.78, 5) is 23.5. The molecule has 0 aliphatic rings. The second kappa shape index (κ2) is 5.77. The molecule has 2 aromatic carbocycles. The maximum absolute atomic E-state index is 11.7. The lowest BCUT2D eigenvalue weighted by Crippen LogP contribution is -2.46. The van der Waals surface area contributed by atoms with Gasteiger partial charge in [-0.1, -0.05) is 42.5 Å². The molecule has 0 aliphatic carbocycles. The first-order chi connectivity index (χ1) is 10.2. The SMILES string of the molecule is CC(C)(O)[C@@H](c1cccc2ccccc12)C(C(N)=O)C(N)=O. The van der Waals surface area contributed by atoms with Crippen LogP contribution in [0.15, 0.2) is 42.5 Å². The first-order valence-corrected chi connectivity index (χ1v) is 7.02. The standard InChI is InChI=1S/C17H20N2O3/c1-17(2,22)14(13(15(18)20)16(19)21)12-9-5-7-10-6-3-4-8-11(10)12/h3-9,13-14,22H,1-2H3,(H2,18,20)(H2,19,21)/t14-/m0/s1. The number of rotatable bonds is 5. The van der Waals surface area contributed by atoms with Gasteiger partial charge in [-0.2, -0.15) is 0 Å². The smallest absolute Gasteiger partial charge is 0.230 e. The minimum Gasteiger partial charge on any atom is -0.390 e. The van der Waals surface area contributed by atoms with E-state index < -0.39 is 29.3 Å². The molecule has 0 saturated heterocycles. The first-order valence-electron chi connectivity index (χ1n) is 7.02. The van der Waals surface area contributed by atoms with Gasteiger partial charge in [-0.05, 0) is 30.2 Å². The third kappa shape index (κ3) is 2.94. The van der Waals surface area contributed by atoms with Crippen LogP contribution in [0.1, 0.15) is 25.3 Å². The highest BCUT2D eigenvalue weighted by molar-refractivity contribution is 6.01. The number of amides is 2. The van der Waals surface area contributed by atoms with Crippen LogP contribution in [0, 0.1) is 5.92 Å². The van der Waals surface area contributed by atoms with E-state index in [1.165, 1.54) is 0 Å². The van der Waals surface area contributed by atoms with Crippen LogP contribution in [0.5, 0.6) is 0 Å². The summed E-state index contributed by atoms with van der Waals surface area (Å²) >= 11 is 0. The van der Waals surface area contributed by atoms with Gasteiger partial charge in [0.2, 0.25) is 11.8 Å². The highest BCUT2D eigenvalue weighted by Gasteiger charge is 2.42. The lowest BCUT2D eigenvalue weighted by molar-refractivity contribution is -0.135. The normalized spacial score (nSPS) is 13.3. The van der Waals surface area contributed by atoms with Crippen LogP contribution >= 0.6 is 0 Å². The molecular weight excluding hydrogens is 280 g/mol. The Kier molecular flexibility index (Phi) is 4.19. The van der Waals surface area contributed by atoms with Crippen molar-refractivity contribution in [3.05, 3.63) is 48.0 Å². The average Bonchev–Trinajstić information content (AvgIpc) is 2.42. The van der Waals surface area contributed by atoms with E-state index >= 15 is 0 Å². The second-order valence-electron chi connectivity index (χ2n) is 5.98. The third-order valence-electron chi connectivity index (χ3n) is 3.87. The highest BCUT2D eigenvalue weighted by Crippen LogP contribution is 2.38. The first kappa shape index (κ1) is 16.0. The van der Waals surface area contributed by atoms with Crippen molar-refractivity contribution in [2.45, 2.75) is 25.4 Å². The van der Waals surface area contributed by atoms with Gasteiger partial charge in [-0.3, -0.25) is 9.59 Å². The molecule has 0 saturated carbocycles. The fourth-order valence-electron chi connectivity index (χ4n) is 2.96. The second-order valence-corrected chi connectivity index (χ2v) is 5.98. The van der Waals surface area contributed by atoms with Crippen molar-refractivity contribution in [2.75, 3.05) is 0 Å². The maximum Gasteiger partial charge on any atom is 0.230 e. The summed E-state index contributed by atoms with van der Waals surface area (Å²) in [6.45, 7) is 3.08. The van der Waals surface area contributed by atoms with Crippen LogP contribution in [-0.2, 0) is 9.59 Å². The molecule has 0 spiro atoms. The molecule has 116 valence electrons. The zero-order valence-corrected chi connectivity index (χ0v) is 12.6. The lowest BCUT2D eigenvalue weighted by Gasteiger charge is -2.34. The molecule has 22 heavy (non-hydrogen) atoms. The Bertz CT molecular complexity index is 700. The molecule has 0 aliphatic heterocycles. The molecule has 5 heteroatoms. The molecular formula is C17H20N2O3. The van der Waals surface area contributed by atoms with E-state index in [-0.39, 0.29) is 0 Å². The summed E-state index contributed by atoms with van der Waals surface area (Å²) in [5.74, 6) is -3.79. The Hall–Kier alpha value is -2.40. The Morgan fingerprint density at radius 2 is 1.55 bits per heavy atom. The highest BCUT2D eigenvalue weighted by atomic mass is 16.3. The van der Waals surface area contributed by atoms with E-state index in [4.69, 9.17) is 11.5 Å². The lowest BCUT2D eigenvalue weighted by atomic mass is 9.73. The summed E-state index contributed by atoms with van der Waals surface area (Å²) in [6.07, 6.45) is 0. The van der Waals surface area contributed by atoms with Gasteiger partial charge < -0.3 is 16.6 Å². The Labute approximate surface area is 128 Å². The van der Waals surface area contributed by atoms with Gasteiger partial charge in [0.15, 0.2) is 0 Å². The molecule has 1 atom stereocenters. The van der Waals surface area contributed by atoms with Crippen molar-refractivity contribution in [1.82, 2.24) is 0 Å². The van der Waals surface area contributed by atoms with E-state index in [0.29, 0.717) is 5.56 Å². The molecule has 0 unspecified atom stereocenters. The van der Waals surface area contributed by atoms with Crippen molar-refractivity contribution in [2.24, 2.45) is 17.4 Å². The van der Waals surface area contributed by atoms with E-state index in [0.717, 1.165) is 10.8 Å². The summed E-state index contributed by atoms with van der Waals surface area (Å²) in [5.41, 5.74) is 10.1. The number of primary amides is 2. The number of carbonyl (C=O) groups is 2. The van der Waals surface area contributed by atoms with Crippen LogP contribution in [0.4, 0.5) is 0 Å². The van der Waals surface area contributed by atoms with Crippen molar-refractivity contribution in [1.29, 1.82) is 0 Å². The molecule has 0 heterocycles. The predicted molar refractivity (Wildman–Crippen MR) is 84.9 cm³/mol. The number of fused-ring (bicyclic) bond motifs is 1. The van der Waals surface area contributed by atoms with Crippen molar-refractivity contribution in [3.8, 4) is 0 Å². The molecule has 5 N–H and O–H groups in total. The zero-order valence-electron chi connectivity index (χ0n) is 12.6. The van der Waals surface area contributed by atoms with Crippen molar-refractivity contribution >= 4 is 22.6 Å². The van der Waals surface area contributed by atoms with Crippen LogP contribution in [0.25, 0.3) is 10.8 Å². The maximum atomic E-state index is 11.7. The minimum atomic E-state index is -1.35. The average molecular weight is 300 g/mol. The minimum absolute atomic E-state index is 0.674. The number of nitrogens with two attached hydrogens (primary N) is 2. The molecule has 0 aromatic heterocycles. The fraction of sp³-hybridized carbons (Fsp3) is 0.294. The summed E-state index contributed by atoms with van der Waals surface area (Å²) in [5, 5.41) is 12.3. The molecule has 0 bridgehead atoms. The number of hydrogen-bond acceptors (Lipinski definition) is 3. The van der Waals surface area contributed by atoms with Gasteiger partial charge in [0.1, 0.15) is 5.92 Å². The van der Waals surface area contributed by atoms with Gasteiger partial charge >= 0.3 is 0 Å². The predicted octanol–water partition coefficient (Wildman–Crippen LogP) is 1.28. The molecule has 0 radical (unpaired) electrons. The Morgan fingerprint density at radius 3 is 2.09 bits per heavy atom. The molecule has 5 nitrogen and oxygen atoms in total. The zero-order chi connectivity index (χ0) is 16.5. The summed E-state index contributed by atoms with van der Waals surface area (Å²) < 4.78 is 0. The topological polar surface area (TPSA) is 106 Å². The van der Waals surface area contributed by atoms with Crippen LogP contribution in [0.3, 0.4) is 0 Å². The largest absolute Gasteiger partial charge is 0.390 e. The number of carbonyl (C=O) groups excluding carboxylic acids is 2. The van der Waals surface area contributed by atoms with E-state index in [2.05, 4.69) is 0 Å².